The summed E-state index contributed by atoms with van der Waals surface area (Å²) >= 11 is 12.8. The second-order valence-electron chi connectivity index (χ2n) is 10.4. The molecule has 3 atom stereocenters. The molecule has 2 aliphatic heterocycles. The minimum Gasteiger partial charge on any atom is -0.496 e. The molecule has 1 spiro atoms. The van der Waals surface area contributed by atoms with Crippen molar-refractivity contribution in [1.82, 2.24) is 9.13 Å². The van der Waals surface area contributed by atoms with Gasteiger partial charge in [0.05, 0.1) is 19.8 Å². The number of halogens is 2. The smallest absolute Gasteiger partial charge is 0.332 e. The minimum absolute atomic E-state index is 0.00244. The van der Waals surface area contributed by atoms with Crippen LogP contribution >= 0.6 is 23.2 Å². The number of carbonyl (C=O) groups excluding carboxylic acids is 2. The highest BCUT2D eigenvalue weighted by atomic mass is 35.5. The highest BCUT2D eigenvalue weighted by Gasteiger charge is 2.63. The number of ketones is 2. The average Bonchev–Trinajstić information content (AvgIpc) is 3.28. The van der Waals surface area contributed by atoms with Crippen LogP contribution in [0.3, 0.4) is 0 Å². The lowest BCUT2D eigenvalue weighted by Crippen LogP contribution is -2.58. The van der Waals surface area contributed by atoms with E-state index in [1.807, 2.05) is 0 Å². The quantitative estimate of drug-likeness (QED) is 0.452. The van der Waals surface area contributed by atoms with E-state index >= 15 is 0 Å². The van der Waals surface area contributed by atoms with Crippen LogP contribution in [0.1, 0.15) is 40.7 Å². The number of hydrogen-bond donors (Lipinski definition) is 1. The summed E-state index contributed by atoms with van der Waals surface area (Å²) in [6.07, 6.45) is 0.199. The lowest BCUT2D eigenvalue weighted by atomic mass is 9.66. The van der Waals surface area contributed by atoms with Crippen LogP contribution in [0.15, 0.2) is 51.2 Å². The van der Waals surface area contributed by atoms with Gasteiger partial charge in [-0.2, -0.15) is 0 Å². The molecule has 12 heteroatoms. The standard InChI is InChI=1S/C29H25Cl2N3O7/c1-12-10-15-19(24(35)29(12)25(36)20-16(39-4)11-17(40-5)22(31)23(20)41-29)18(13-6-8-14(30)9-7-13)21-26(32-15)33(2)28(38)34(3)27(21)37/h6-9,11-12,18,32H,10H2,1-5H3. The van der Waals surface area contributed by atoms with Gasteiger partial charge in [0.1, 0.15) is 27.9 Å². The zero-order chi connectivity index (χ0) is 29.5. The molecule has 212 valence electrons. The molecule has 0 amide bonds. The summed E-state index contributed by atoms with van der Waals surface area (Å²) in [5, 5.41) is 3.69. The first-order chi connectivity index (χ1) is 19.5. The van der Waals surface area contributed by atoms with Crippen molar-refractivity contribution in [3.05, 3.63) is 89.2 Å². The summed E-state index contributed by atoms with van der Waals surface area (Å²) in [6.45, 7) is 1.74. The van der Waals surface area contributed by atoms with Crippen molar-refractivity contribution in [2.75, 3.05) is 19.5 Å². The SMILES string of the molecule is COc1cc(OC)c2c(c1Cl)OC1(C(=O)C3=C(CC1C)Nc1c(c(=O)n(C)c(=O)n1C)C3c1ccc(Cl)cc1)C2=O. The molecule has 0 saturated carbocycles. The Labute approximate surface area is 244 Å². The summed E-state index contributed by atoms with van der Waals surface area (Å²) in [6, 6.07) is 8.21. The monoisotopic (exact) mass is 597 g/mol. The van der Waals surface area contributed by atoms with Crippen molar-refractivity contribution in [1.29, 1.82) is 0 Å². The Morgan fingerprint density at radius 1 is 0.976 bits per heavy atom. The van der Waals surface area contributed by atoms with Gasteiger partial charge in [-0.25, -0.2) is 4.79 Å². The number of nitrogens with zero attached hydrogens (tertiary/aromatic N) is 2. The third-order valence-corrected chi connectivity index (χ3v) is 8.89. The van der Waals surface area contributed by atoms with Gasteiger partial charge in [0.2, 0.25) is 17.2 Å². The highest BCUT2D eigenvalue weighted by molar-refractivity contribution is 6.36. The summed E-state index contributed by atoms with van der Waals surface area (Å²) < 4.78 is 19.5. The van der Waals surface area contributed by atoms with Crippen LogP contribution < -0.4 is 30.8 Å². The van der Waals surface area contributed by atoms with Crippen molar-refractivity contribution in [2.45, 2.75) is 24.9 Å². The maximum absolute atomic E-state index is 14.8. The second kappa shape index (κ2) is 9.25. The predicted molar refractivity (Wildman–Crippen MR) is 152 cm³/mol. The van der Waals surface area contributed by atoms with Gasteiger partial charge in [-0.3, -0.25) is 23.5 Å². The van der Waals surface area contributed by atoms with Crippen LogP contribution in [0.4, 0.5) is 5.82 Å². The number of hydrogen-bond acceptors (Lipinski definition) is 8. The molecule has 3 aliphatic rings. The summed E-state index contributed by atoms with van der Waals surface area (Å²) in [7, 11) is 5.74. The van der Waals surface area contributed by atoms with E-state index < -0.39 is 40.3 Å². The molecule has 0 fully saturated rings. The number of anilines is 1. The Morgan fingerprint density at radius 3 is 2.27 bits per heavy atom. The molecule has 10 nitrogen and oxygen atoms in total. The van der Waals surface area contributed by atoms with E-state index in [4.69, 9.17) is 37.4 Å². The van der Waals surface area contributed by atoms with E-state index in [2.05, 4.69) is 5.32 Å². The molecule has 1 N–H and O–H groups in total. The number of fused-ring (bicyclic) bond motifs is 2. The number of nitrogens with one attached hydrogen (secondary N) is 1. The van der Waals surface area contributed by atoms with Gasteiger partial charge >= 0.3 is 5.69 Å². The van der Waals surface area contributed by atoms with Crippen molar-refractivity contribution in [3.63, 3.8) is 0 Å². The predicted octanol–water partition coefficient (Wildman–Crippen LogP) is 3.84. The molecule has 3 unspecified atom stereocenters. The summed E-state index contributed by atoms with van der Waals surface area (Å²) in [5.74, 6) is -2.12. The Balaban J connectivity index is 1.61. The number of methoxy groups -OCH3 is 2. The molecular weight excluding hydrogens is 573 g/mol. The topological polar surface area (TPSA) is 118 Å². The number of Topliss-reactive ketones (excluding diaryl/α,β-unsaturated/α-hetero) is 2. The van der Waals surface area contributed by atoms with Crippen LogP contribution in [-0.4, -0.2) is 40.5 Å². The molecular formula is C29H25Cl2N3O7. The molecule has 1 aliphatic carbocycles. The van der Waals surface area contributed by atoms with Gasteiger partial charge in [-0.15, -0.1) is 0 Å². The van der Waals surface area contributed by atoms with Crippen LogP contribution in [0, 0.1) is 5.92 Å². The largest absolute Gasteiger partial charge is 0.496 e. The van der Waals surface area contributed by atoms with E-state index in [1.54, 1.807) is 38.2 Å². The van der Waals surface area contributed by atoms with Crippen molar-refractivity contribution in [2.24, 2.45) is 20.0 Å². The maximum atomic E-state index is 14.8. The molecule has 0 radical (unpaired) electrons. The Hall–Kier alpha value is -4.02. The van der Waals surface area contributed by atoms with E-state index in [-0.39, 0.29) is 51.2 Å². The number of rotatable bonds is 3. The van der Waals surface area contributed by atoms with Gasteiger partial charge < -0.3 is 19.5 Å². The zero-order valence-electron chi connectivity index (χ0n) is 22.8. The fourth-order valence-electron chi connectivity index (χ4n) is 6.18. The Morgan fingerprint density at radius 2 is 1.63 bits per heavy atom. The van der Waals surface area contributed by atoms with Gasteiger partial charge in [0, 0.05) is 48.3 Å². The summed E-state index contributed by atoms with van der Waals surface area (Å²) in [4.78, 5) is 55.5. The van der Waals surface area contributed by atoms with Crippen molar-refractivity contribution in [3.8, 4) is 17.2 Å². The third kappa shape index (κ3) is 3.50. The Kier molecular flexibility index (Phi) is 6.13. The molecule has 6 rings (SSSR count). The average molecular weight is 598 g/mol. The normalized spacial score (nSPS) is 22.6. The van der Waals surface area contributed by atoms with E-state index in [1.165, 1.54) is 31.9 Å². The van der Waals surface area contributed by atoms with Crippen LogP contribution in [0.5, 0.6) is 17.2 Å². The fraction of sp³-hybridized carbons (Fsp3) is 0.310. The number of carbonyl (C=O) groups is 2. The molecule has 3 aromatic rings. The van der Waals surface area contributed by atoms with Crippen molar-refractivity contribution < 1.29 is 23.8 Å². The van der Waals surface area contributed by atoms with Crippen LogP contribution in [-0.2, 0) is 18.9 Å². The van der Waals surface area contributed by atoms with Gasteiger partial charge in [0.15, 0.2) is 5.75 Å². The van der Waals surface area contributed by atoms with Gasteiger partial charge in [-0.05, 0) is 24.1 Å². The molecule has 41 heavy (non-hydrogen) atoms. The minimum atomic E-state index is -1.97. The highest BCUT2D eigenvalue weighted by Crippen LogP contribution is 2.56. The first-order valence-electron chi connectivity index (χ1n) is 12.8. The molecule has 0 saturated heterocycles. The number of benzene rings is 2. The lowest BCUT2D eigenvalue weighted by Gasteiger charge is -2.42. The molecule has 3 heterocycles. The first kappa shape index (κ1) is 27.2. The van der Waals surface area contributed by atoms with Crippen molar-refractivity contribution >= 4 is 40.6 Å². The van der Waals surface area contributed by atoms with E-state index in [0.717, 1.165) is 4.57 Å². The molecule has 0 bridgehead atoms. The number of allylic oxidation sites excluding steroid dienone is 1. The zero-order valence-corrected chi connectivity index (χ0v) is 24.3. The van der Waals surface area contributed by atoms with Crippen LogP contribution in [0.25, 0.3) is 0 Å². The molecule has 1 aromatic heterocycles. The Bertz CT molecular complexity index is 1840. The van der Waals surface area contributed by atoms with E-state index in [9.17, 15) is 19.2 Å². The fourth-order valence-corrected chi connectivity index (χ4v) is 6.57. The number of ether oxygens (including phenoxy) is 3. The number of aromatic nitrogens is 2. The summed E-state index contributed by atoms with van der Waals surface area (Å²) in [5.41, 5.74) is -1.56. The van der Waals surface area contributed by atoms with Gasteiger partial charge in [-0.1, -0.05) is 42.3 Å². The first-order valence-corrected chi connectivity index (χ1v) is 13.5. The van der Waals surface area contributed by atoms with Crippen LogP contribution in [0.2, 0.25) is 10.0 Å². The third-order valence-electron chi connectivity index (χ3n) is 8.28. The van der Waals surface area contributed by atoms with E-state index in [0.29, 0.717) is 16.3 Å². The second-order valence-corrected chi connectivity index (χ2v) is 11.2. The molecule has 2 aromatic carbocycles. The lowest BCUT2D eigenvalue weighted by molar-refractivity contribution is -0.130. The maximum Gasteiger partial charge on any atom is 0.332 e. The van der Waals surface area contributed by atoms with Gasteiger partial charge in [0.25, 0.3) is 5.56 Å².